The largest absolute Gasteiger partial charge is 0.495 e. The second kappa shape index (κ2) is 8.95. The van der Waals surface area contributed by atoms with E-state index in [1.54, 1.807) is 25.6 Å². The van der Waals surface area contributed by atoms with Gasteiger partial charge in [-0.3, -0.25) is 9.83 Å². The fourth-order valence-corrected chi connectivity index (χ4v) is 3.96. The topological polar surface area (TPSA) is 69.9 Å². The number of aromatic nitrogens is 2. The third-order valence-corrected chi connectivity index (χ3v) is 5.98. The Morgan fingerprint density at radius 3 is 2.68 bits per heavy atom. The van der Waals surface area contributed by atoms with E-state index in [1.165, 1.54) is 12.1 Å². The monoisotopic (exact) mass is 462 g/mol. The Hall–Kier alpha value is -3.65. The van der Waals surface area contributed by atoms with Crippen molar-refractivity contribution < 1.29 is 18.7 Å². The van der Waals surface area contributed by atoms with Crippen molar-refractivity contribution in [3.8, 4) is 11.4 Å². The van der Waals surface area contributed by atoms with Gasteiger partial charge in [0.05, 0.1) is 31.4 Å². The molecule has 1 aliphatic heterocycles. The molecule has 1 atom stereocenters. The van der Waals surface area contributed by atoms with E-state index in [4.69, 9.17) is 14.3 Å². The zero-order chi connectivity index (χ0) is 23.7. The number of imidazole rings is 1. The molecule has 2 heterocycles. The van der Waals surface area contributed by atoms with Crippen LogP contribution in [0.2, 0.25) is 0 Å². The van der Waals surface area contributed by atoms with Gasteiger partial charge in [-0.25, -0.2) is 14.9 Å². The number of benzene rings is 2. The summed E-state index contributed by atoms with van der Waals surface area (Å²) in [6, 6.07) is 12.3. The van der Waals surface area contributed by atoms with Crippen LogP contribution in [0.1, 0.15) is 36.6 Å². The average molecular weight is 463 g/mol. The van der Waals surface area contributed by atoms with E-state index in [1.807, 2.05) is 48.9 Å². The number of ether oxygens (including phenoxy) is 2. The molecule has 176 valence electrons. The predicted octanol–water partition coefficient (Wildman–Crippen LogP) is 4.70. The van der Waals surface area contributed by atoms with E-state index < -0.39 is 5.60 Å². The maximum atomic E-state index is 13.3. The summed E-state index contributed by atoms with van der Waals surface area (Å²) in [5.74, 6) is 1.56. The summed E-state index contributed by atoms with van der Waals surface area (Å²) < 4.78 is 27.0. The van der Waals surface area contributed by atoms with Crippen LogP contribution in [-0.4, -0.2) is 35.1 Å². The molecule has 1 N–H and O–H groups in total. The Kier molecular flexibility index (Phi) is 5.83. The molecule has 5 rings (SSSR count). The van der Waals surface area contributed by atoms with Crippen LogP contribution < -0.4 is 10.2 Å². The maximum absolute atomic E-state index is 13.3. The molecule has 0 spiro atoms. The van der Waals surface area contributed by atoms with E-state index in [0.717, 1.165) is 35.3 Å². The van der Waals surface area contributed by atoms with Crippen molar-refractivity contribution in [2.75, 3.05) is 13.7 Å². The Balaban J connectivity index is 1.37. The van der Waals surface area contributed by atoms with Gasteiger partial charge in [0, 0.05) is 6.20 Å². The fraction of sp³-hybridized carbons (Fsp3) is 0.308. The molecule has 2 aliphatic rings. The molecular formula is C26H27FN4O3. The smallest absolute Gasteiger partial charge is 0.188 e. The normalized spacial score (nSPS) is 19.9. The van der Waals surface area contributed by atoms with E-state index in [2.05, 4.69) is 15.5 Å². The Labute approximate surface area is 197 Å². The minimum Gasteiger partial charge on any atom is -0.495 e. The van der Waals surface area contributed by atoms with Gasteiger partial charge in [0.1, 0.15) is 23.3 Å². The molecule has 0 radical (unpaired) electrons. The summed E-state index contributed by atoms with van der Waals surface area (Å²) in [6.45, 7) is 4.44. The average Bonchev–Trinajstić information content (AvgIpc) is 3.51. The molecule has 0 bridgehead atoms. The minimum atomic E-state index is -0.474. The highest BCUT2D eigenvalue weighted by Gasteiger charge is 2.47. The first-order valence-electron chi connectivity index (χ1n) is 11.3. The van der Waals surface area contributed by atoms with Crippen molar-refractivity contribution in [3.63, 3.8) is 0 Å². The van der Waals surface area contributed by atoms with Crippen molar-refractivity contribution >= 4 is 11.9 Å². The summed E-state index contributed by atoms with van der Waals surface area (Å²) in [6.07, 6.45) is 7.26. The maximum Gasteiger partial charge on any atom is 0.188 e. The lowest BCUT2D eigenvalue weighted by molar-refractivity contribution is -0.0163. The van der Waals surface area contributed by atoms with Crippen LogP contribution >= 0.6 is 0 Å². The van der Waals surface area contributed by atoms with E-state index >= 15 is 0 Å². The second-order valence-electron chi connectivity index (χ2n) is 8.69. The van der Waals surface area contributed by atoms with Gasteiger partial charge in [-0.05, 0) is 68.2 Å². The minimum absolute atomic E-state index is 0.0566. The SMILES string of the molecule is COc1cc(/C=C2\O[C@H](C)CN=C2NOC2(c3ccc(F)cc3)CC2)ccc1-n1cnc(C)c1. The molecule has 0 unspecified atom stereocenters. The highest BCUT2D eigenvalue weighted by atomic mass is 19.1. The lowest BCUT2D eigenvalue weighted by Gasteiger charge is -2.25. The van der Waals surface area contributed by atoms with Crippen molar-refractivity contribution in [2.45, 2.75) is 38.4 Å². The molecule has 8 heteroatoms. The van der Waals surface area contributed by atoms with Gasteiger partial charge in [0.2, 0.25) is 0 Å². The van der Waals surface area contributed by atoms with Crippen LogP contribution in [0.15, 0.2) is 65.7 Å². The second-order valence-corrected chi connectivity index (χ2v) is 8.69. The summed E-state index contributed by atoms with van der Waals surface area (Å²) in [7, 11) is 1.64. The van der Waals surface area contributed by atoms with Crippen molar-refractivity contribution in [3.05, 3.63) is 83.4 Å². The Bertz CT molecular complexity index is 1250. The first-order valence-corrected chi connectivity index (χ1v) is 11.3. The van der Waals surface area contributed by atoms with Gasteiger partial charge in [-0.2, -0.15) is 0 Å². The summed E-state index contributed by atoms with van der Waals surface area (Å²) in [4.78, 5) is 15.0. The standard InChI is InChI=1S/C26H27FN4O3/c1-17-15-31(16-29-17)22-9-4-19(12-23(22)32-3)13-24-25(28-14-18(2)33-24)30-34-26(10-11-26)20-5-7-21(27)8-6-20/h4-9,12-13,15-16,18H,10-11,14H2,1-3H3,(H,28,30)/b24-13-/t18-/m1/s1. The lowest BCUT2D eigenvalue weighted by atomic mass is 10.1. The van der Waals surface area contributed by atoms with Crippen LogP contribution in [0.4, 0.5) is 4.39 Å². The number of halogens is 1. The zero-order valence-electron chi connectivity index (χ0n) is 19.4. The summed E-state index contributed by atoms with van der Waals surface area (Å²) >= 11 is 0. The number of hydroxylamine groups is 1. The van der Waals surface area contributed by atoms with Crippen LogP contribution in [-0.2, 0) is 15.2 Å². The molecular weight excluding hydrogens is 435 g/mol. The molecule has 2 aromatic carbocycles. The molecule has 7 nitrogen and oxygen atoms in total. The van der Waals surface area contributed by atoms with E-state index in [0.29, 0.717) is 23.9 Å². The van der Waals surface area contributed by atoms with Gasteiger partial charge in [-0.15, -0.1) is 0 Å². The first kappa shape index (κ1) is 22.2. The van der Waals surface area contributed by atoms with Gasteiger partial charge in [0.15, 0.2) is 11.6 Å². The third-order valence-electron chi connectivity index (χ3n) is 5.98. The van der Waals surface area contributed by atoms with Crippen molar-refractivity contribution in [1.29, 1.82) is 0 Å². The van der Waals surface area contributed by atoms with Gasteiger partial charge in [0.25, 0.3) is 0 Å². The molecule has 1 aromatic heterocycles. The lowest BCUT2D eigenvalue weighted by Crippen LogP contribution is -2.36. The zero-order valence-corrected chi connectivity index (χ0v) is 19.4. The van der Waals surface area contributed by atoms with Gasteiger partial charge >= 0.3 is 0 Å². The Morgan fingerprint density at radius 2 is 2.00 bits per heavy atom. The molecule has 34 heavy (non-hydrogen) atoms. The van der Waals surface area contributed by atoms with Gasteiger partial charge < -0.3 is 14.0 Å². The molecule has 1 saturated carbocycles. The quantitative estimate of drug-likeness (QED) is 0.538. The third kappa shape index (κ3) is 4.54. The van der Waals surface area contributed by atoms with Crippen molar-refractivity contribution in [2.24, 2.45) is 4.99 Å². The predicted molar refractivity (Wildman–Crippen MR) is 127 cm³/mol. The highest BCUT2D eigenvalue weighted by Crippen LogP contribution is 2.48. The molecule has 3 aromatic rings. The van der Waals surface area contributed by atoms with Gasteiger partial charge in [-0.1, -0.05) is 18.2 Å². The number of aliphatic imine (C=N–C) groups is 1. The molecule has 1 aliphatic carbocycles. The van der Waals surface area contributed by atoms with Crippen LogP contribution in [0.25, 0.3) is 11.8 Å². The molecule has 1 fully saturated rings. The number of hydrogen-bond donors (Lipinski definition) is 1. The van der Waals surface area contributed by atoms with E-state index in [9.17, 15) is 4.39 Å². The number of nitrogens with zero attached hydrogens (tertiary/aromatic N) is 3. The number of hydrogen-bond acceptors (Lipinski definition) is 6. The number of rotatable bonds is 6. The number of methoxy groups -OCH3 is 1. The van der Waals surface area contributed by atoms with Crippen LogP contribution in [0, 0.1) is 12.7 Å². The molecule has 0 amide bonds. The summed E-state index contributed by atoms with van der Waals surface area (Å²) in [5.41, 5.74) is 6.20. The first-order chi connectivity index (χ1) is 16.5. The fourth-order valence-electron chi connectivity index (χ4n) is 3.96. The van der Waals surface area contributed by atoms with E-state index in [-0.39, 0.29) is 11.9 Å². The van der Waals surface area contributed by atoms with Crippen molar-refractivity contribution in [1.82, 2.24) is 15.0 Å². The van der Waals surface area contributed by atoms with Crippen LogP contribution in [0.3, 0.4) is 0 Å². The number of amidine groups is 1. The summed E-state index contributed by atoms with van der Waals surface area (Å²) in [5, 5.41) is 0. The number of nitrogens with one attached hydrogen (secondary N) is 1. The van der Waals surface area contributed by atoms with Crippen LogP contribution in [0.5, 0.6) is 5.75 Å². The highest BCUT2D eigenvalue weighted by molar-refractivity contribution is 6.00. The molecule has 0 saturated heterocycles. The number of aryl methyl sites for hydroxylation is 1. The Morgan fingerprint density at radius 1 is 1.21 bits per heavy atom.